The van der Waals surface area contributed by atoms with Crippen LogP contribution in [0.1, 0.15) is 33.9 Å². The largest absolute Gasteiger partial charge is 0.490 e. The number of ether oxygens (including phenoxy) is 2. The van der Waals surface area contributed by atoms with E-state index in [0.717, 1.165) is 28.6 Å². The Kier molecular flexibility index (Phi) is 4.81. The SMILES string of the molecule is O=C(N[C@@H](c1ccccc1)c1ccc2nc[nH]c2c1)c1ccc2c(c1)OCCCO2. The van der Waals surface area contributed by atoms with Crippen LogP contribution in [0.3, 0.4) is 0 Å². The van der Waals surface area contributed by atoms with E-state index < -0.39 is 0 Å². The minimum Gasteiger partial charge on any atom is -0.490 e. The van der Waals surface area contributed by atoms with Crippen LogP contribution in [0.2, 0.25) is 0 Å². The second-order valence-electron chi connectivity index (χ2n) is 7.21. The van der Waals surface area contributed by atoms with Gasteiger partial charge in [0, 0.05) is 12.0 Å². The number of carbonyl (C=O) groups is 1. The van der Waals surface area contributed by atoms with E-state index in [1.807, 2.05) is 48.5 Å². The zero-order valence-corrected chi connectivity index (χ0v) is 16.3. The maximum absolute atomic E-state index is 13.2. The number of hydrogen-bond acceptors (Lipinski definition) is 4. The molecule has 0 saturated heterocycles. The van der Waals surface area contributed by atoms with Crippen molar-refractivity contribution < 1.29 is 14.3 Å². The fourth-order valence-corrected chi connectivity index (χ4v) is 3.66. The monoisotopic (exact) mass is 399 g/mol. The molecule has 0 fully saturated rings. The Morgan fingerprint density at radius 3 is 2.63 bits per heavy atom. The molecule has 6 heteroatoms. The first-order valence-electron chi connectivity index (χ1n) is 9.96. The van der Waals surface area contributed by atoms with Gasteiger partial charge in [0.25, 0.3) is 5.91 Å². The van der Waals surface area contributed by atoms with E-state index in [4.69, 9.17) is 9.47 Å². The standard InChI is InChI=1S/C24H21N3O3/c28-24(18-8-10-21-22(14-18)30-12-4-11-29-21)27-23(16-5-2-1-3-6-16)17-7-9-19-20(13-17)26-15-25-19/h1-3,5-10,13-15,23H,4,11-12H2,(H,25,26)(H,27,28)/t23-/m0/s1. The Balaban J connectivity index is 1.48. The molecule has 0 spiro atoms. The molecule has 6 nitrogen and oxygen atoms in total. The molecule has 1 aliphatic heterocycles. The molecule has 150 valence electrons. The minimum absolute atomic E-state index is 0.177. The van der Waals surface area contributed by atoms with E-state index in [0.29, 0.717) is 30.3 Å². The predicted molar refractivity (Wildman–Crippen MR) is 114 cm³/mol. The number of fused-ring (bicyclic) bond motifs is 2. The van der Waals surface area contributed by atoms with Crippen molar-refractivity contribution in [2.75, 3.05) is 13.2 Å². The highest BCUT2D eigenvalue weighted by molar-refractivity contribution is 5.95. The number of benzene rings is 3. The number of imidazole rings is 1. The Labute approximate surface area is 173 Å². The van der Waals surface area contributed by atoms with E-state index in [1.165, 1.54) is 0 Å². The maximum atomic E-state index is 13.2. The fourth-order valence-electron chi connectivity index (χ4n) is 3.66. The molecule has 0 radical (unpaired) electrons. The highest BCUT2D eigenvalue weighted by Gasteiger charge is 2.20. The normalized spacial score (nSPS) is 14.1. The number of rotatable bonds is 4. The van der Waals surface area contributed by atoms with Crippen LogP contribution >= 0.6 is 0 Å². The molecular formula is C24H21N3O3. The van der Waals surface area contributed by atoms with Gasteiger partial charge in [-0.3, -0.25) is 4.79 Å². The lowest BCUT2D eigenvalue weighted by atomic mass is 9.97. The van der Waals surface area contributed by atoms with Crippen molar-refractivity contribution in [1.29, 1.82) is 0 Å². The molecular weight excluding hydrogens is 378 g/mol. The number of aromatic nitrogens is 2. The topological polar surface area (TPSA) is 76.2 Å². The number of aromatic amines is 1. The molecule has 4 aromatic rings. The Bertz CT molecular complexity index is 1190. The van der Waals surface area contributed by atoms with Gasteiger partial charge >= 0.3 is 0 Å². The summed E-state index contributed by atoms with van der Waals surface area (Å²) in [7, 11) is 0. The average molecular weight is 399 g/mol. The molecule has 1 amide bonds. The van der Waals surface area contributed by atoms with Gasteiger partial charge in [-0.25, -0.2) is 4.98 Å². The number of hydrogen-bond donors (Lipinski definition) is 2. The summed E-state index contributed by atoms with van der Waals surface area (Å²) in [6, 6.07) is 20.9. The van der Waals surface area contributed by atoms with Crippen molar-refractivity contribution in [2.45, 2.75) is 12.5 Å². The lowest BCUT2D eigenvalue weighted by Crippen LogP contribution is -2.29. The lowest BCUT2D eigenvalue weighted by Gasteiger charge is -2.20. The van der Waals surface area contributed by atoms with Gasteiger partial charge in [0.15, 0.2) is 11.5 Å². The van der Waals surface area contributed by atoms with Crippen LogP contribution < -0.4 is 14.8 Å². The smallest absolute Gasteiger partial charge is 0.252 e. The zero-order valence-electron chi connectivity index (χ0n) is 16.3. The number of carbonyl (C=O) groups excluding carboxylic acids is 1. The van der Waals surface area contributed by atoms with E-state index in [-0.39, 0.29) is 11.9 Å². The van der Waals surface area contributed by atoms with Crippen LogP contribution in [-0.2, 0) is 0 Å². The average Bonchev–Trinajstić information content (AvgIpc) is 3.13. The van der Waals surface area contributed by atoms with E-state index >= 15 is 0 Å². The van der Waals surface area contributed by atoms with Gasteiger partial charge in [-0.05, 0) is 41.5 Å². The van der Waals surface area contributed by atoms with E-state index in [1.54, 1.807) is 24.5 Å². The molecule has 0 saturated carbocycles. The summed E-state index contributed by atoms with van der Waals surface area (Å²) in [5.74, 6) is 1.10. The van der Waals surface area contributed by atoms with Gasteiger partial charge in [-0.2, -0.15) is 0 Å². The Morgan fingerprint density at radius 2 is 1.77 bits per heavy atom. The fraction of sp³-hybridized carbons (Fsp3) is 0.167. The van der Waals surface area contributed by atoms with Gasteiger partial charge in [0.1, 0.15) is 0 Å². The van der Waals surface area contributed by atoms with Crippen molar-refractivity contribution in [1.82, 2.24) is 15.3 Å². The number of amides is 1. The summed E-state index contributed by atoms with van der Waals surface area (Å²) >= 11 is 0. The van der Waals surface area contributed by atoms with Gasteiger partial charge < -0.3 is 19.8 Å². The first-order valence-corrected chi connectivity index (χ1v) is 9.96. The molecule has 30 heavy (non-hydrogen) atoms. The third-order valence-corrected chi connectivity index (χ3v) is 5.20. The highest BCUT2D eigenvalue weighted by atomic mass is 16.5. The van der Waals surface area contributed by atoms with Gasteiger partial charge in [0.05, 0.1) is 36.6 Å². The predicted octanol–water partition coefficient (Wildman–Crippen LogP) is 4.24. The molecule has 0 unspecified atom stereocenters. The minimum atomic E-state index is -0.303. The van der Waals surface area contributed by atoms with Gasteiger partial charge in [-0.15, -0.1) is 0 Å². The molecule has 3 aromatic carbocycles. The van der Waals surface area contributed by atoms with Crippen molar-refractivity contribution in [3.8, 4) is 11.5 Å². The molecule has 1 aliphatic rings. The molecule has 2 heterocycles. The molecule has 1 atom stereocenters. The molecule has 5 rings (SSSR count). The lowest BCUT2D eigenvalue weighted by molar-refractivity contribution is 0.0942. The molecule has 0 aliphatic carbocycles. The second-order valence-corrected chi connectivity index (χ2v) is 7.21. The van der Waals surface area contributed by atoms with Crippen molar-refractivity contribution in [3.63, 3.8) is 0 Å². The summed E-state index contributed by atoms with van der Waals surface area (Å²) in [5.41, 5.74) is 4.32. The summed E-state index contributed by atoms with van der Waals surface area (Å²) < 4.78 is 11.4. The summed E-state index contributed by atoms with van der Waals surface area (Å²) in [5, 5.41) is 3.18. The number of nitrogens with zero attached hydrogens (tertiary/aromatic N) is 1. The summed E-state index contributed by atoms with van der Waals surface area (Å²) in [6.07, 6.45) is 2.49. The van der Waals surface area contributed by atoms with Crippen LogP contribution in [0, 0.1) is 0 Å². The molecule has 2 N–H and O–H groups in total. The first-order chi connectivity index (χ1) is 14.8. The maximum Gasteiger partial charge on any atom is 0.252 e. The van der Waals surface area contributed by atoms with Crippen LogP contribution in [-0.4, -0.2) is 29.1 Å². The van der Waals surface area contributed by atoms with Gasteiger partial charge in [0.2, 0.25) is 0 Å². The Morgan fingerprint density at radius 1 is 0.933 bits per heavy atom. The van der Waals surface area contributed by atoms with E-state index in [9.17, 15) is 4.79 Å². The highest BCUT2D eigenvalue weighted by Crippen LogP contribution is 2.31. The summed E-state index contributed by atoms with van der Waals surface area (Å²) in [6.45, 7) is 1.19. The van der Waals surface area contributed by atoms with Crippen molar-refractivity contribution in [3.05, 3.63) is 89.7 Å². The summed E-state index contributed by atoms with van der Waals surface area (Å²) in [4.78, 5) is 20.6. The van der Waals surface area contributed by atoms with Crippen LogP contribution in [0.25, 0.3) is 11.0 Å². The van der Waals surface area contributed by atoms with Crippen LogP contribution in [0.4, 0.5) is 0 Å². The van der Waals surface area contributed by atoms with Crippen LogP contribution in [0.5, 0.6) is 11.5 Å². The number of nitrogens with one attached hydrogen (secondary N) is 2. The Hall–Kier alpha value is -3.80. The van der Waals surface area contributed by atoms with Crippen molar-refractivity contribution >= 4 is 16.9 Å². The molecule has 1 aromatic heterocycles. The van der Waals surface area contributed by atoms with Crippen molar-refractivity contribution in [2.24, 2.45) is 0 Å². The number of H-pyrrole nitrogens is 1. The van der Waals surface area contributed by atoms with Gasteiger partial charge in [-0.1, -0.05) is 36.4 Å². The first kappa shape index (κ1) is 18.2. The second kappa shape index (κ2) is 7.91. The van der Waals surface area contributed by atoms with Crippen LogP contribution in [0.15, 0.2) is 73.1 Å². The quantitative estimate of drug-likeness (QED) is 0.538. The third-order valence-electron chi connectivity index (χ3n) is 5.20. The molecule has 0 bridgehead atoms. The van der Waals surface area contributed by atoms with E-state index in [2.05, 4.69) is 15.3 Å². The third kappa shape index (κ3) is 3.59. The zero-order chi connectivity index (χ0) is 20.3.